The van der Waals surface area contributed by atoms with Gasteiger partial charge in [0.05, 0.1) is 17.4 Å². The van der Waals surface area contributed by atoms with Crippen LogP contribution in [0, 0.1) is 5.92 Å². The minimum Gasteiger partial charge on any atom is -0.353 e. The van der Waals surface area contributed by atoms with Gasteiger partial charge in [0.1, 0.15) is 5.82 Å². The number of carbonyl (C=O) groups is 1. The maximum atomic E-state index is 12.2. The van der Waals surface area contributed by atoms with Gasteiger partial charge in [0.2, 0.25) is 11.9 Å². The molecule has 8 heteroatoms. The van der Waals surface area contributed by atoms with Crippen LogP contribution in [0.4, 0.5) is 5.95 Å². The summed E-state index contributed by atoms with van der Waals surface area (Å²) in [5.74, 6) is 1.66. The van der Waals surface area contributed by atoms with Gasteiger partial charge in [-0.1, -0.05) is 13.8 Å². The van der Waals surface area contributed by atoms with Crippen LogP contribution >= 0.6 is 0 Å². The Morgan fingerprint density at radius 2 is 1.96 bits per heavy atom. The lowest BCUT2D eigenvalue weighted by Gasteiger charge is -2.24. The number of aryl methyl sites for hydroxylation is 3. The van der Waals surface area contributed by atoms with Gasteiger partial charge in [-0.3, -0.25) is 4.79 Å². The number of hydrogen-bond donors (Lipinski definition) is 1. The van der Waals surface area contributed by atoms with Gasteiger partial charge in [0.15, 0.2) is 0 Å². The van der Waals surface area contributed by atoms with Crippen molar-refractivity contribution in [2.45, 2.75) is 39.2 Å². The first-order valence-corrected chi connectivity index (χ1v) is 8.74. The zero-order valence-corrected chi connectivity index (χ0v) is 15.2. The summed E-state index contributed by atoms with van der Waals surface area (Å²) in [5, 5.41) is 11.7. The Hall–Kier alpha value is -2.51. The number of imidazole rings is 1. The molecule has 3 rings (SSSR count). The highest BCUT2D eigenvalue weighted by atomic mass is 16.2. The fraction of sp³-hybridized carbons (Fsp3) is 0.588. The molecular formula is C17H25N7O. The predicted molar refractivity (Wildman–Crippen MR) is 93.9 cm³/mol. The summed E-state index contributed by atoms with van der Waals surface area (Å²) in [6, 6.07) is -0.0477. The lowest BCUT2D eigenvalue weighted by atomic mass is 9.99. The number of rotatable bonds is 6. The first-order chi connectivity index (χ1) is 12.0. The molecule has 1 fully saturated rings. The topological polar surface area (TPSA) is 88.8 Å². The molecule has 134 valence electrons. The number of nitrogens with one attached hydrogen (secondary N) is 1. The zero-order chi connectivity index (χ0) is 18.0. The Kier molecular flexibility index (Phi) is 4.96. The highest BCUT2D eigenvalue weighted by molar-refractivity contribution is 5.79. The lowest BCUT2D eigenvalue weighted by Crippen LogP contribution is -2.29. The van der Waals surface area contributed by atoms with Crippen molar-refractivity contribution in [3.05, 3.63) is 29.6 Å². The molecule has 1 N–H and O–H groups in total. The van der Waals surface area contributed by atoms with Crippen molar-refractivity contribution in [2.75, 3.05) is 18.9 Å². The fourth-order valence-corrected chi connectivity index (χ4v) is 3.42. The van der Waals surface area contributed by atoms with Crippen LogP contribution in [0.15, 0.2) is 12.4 Å². The van der Waals surface area contributed by atoms with Crippen molar-refractivity contribution in [2.24, 2.45) is 13.0 Å². The normalized spacial score (nSPS) is 20.3. The van der Waals surface area contributed by atoms with Gasteiger partial charge in [-0.05, 0) is 12.8 Å². The van der Waals surface area contributed by atoms with Crippen molar-refractivity contribution in [3.8, 4) is 0 Å². The maximum absolute atomic E-state index is 12.2. The Morgan fingerprint density at radius 3 is 2.60 bits per heavy atom. The Labute approximate surface area is 147 Å². The van der Waals surface area contributed by atoms with Gasteiger partial charge in [-0.15, -0.1) is 5.10 Å². The molecule has 1 aliphatic heterocycles. The maximum Gasteiger partial charge on any atom is 0.242 e. The van der Waals surface area contributed by atoms with Crippen molar-refractivity contribution >= 4 is 11.9 Å². The third-order valence-electron chi connectivity index (χ3n) is 4.85. The second kappa shape index (κ2) is 7.16. The molecule has 0 unspecified atom stereocenters. The van der Waals surface area contributed by atoms with Crippen LogP contribution in [0.3, 0.4) is 0 Å². The van der Waals surface area contributed by atoms with E-state index in [4.69, 9.17) is 0 Å². The number of hydrogen-bond acceptors (Lipinski definition) is 6. The predicted octanol–water partition coefficient (Wildman–Crippen LogP) is 1.36. The molecule has 1 aliphatic rings. The van der Waals surface area contributed by atoms with E-state index in [0.29, 0.717) is 18.9 Å². The fourth-order valence-electron chi connectivity index (χ4n) is 3.42. The number of nitrogens with zero attached hydrogens (tertiary/aromatic N) is 6. The average Bonchev–Trinajstić information content (AvgIpc) is 3.15. The van der Waals surface area contributed by atoms with Gasteiger partial charge >= 0.3 is 0 Å². The first-order valence-electron chi connectivity index (χ1n) is 8.74. The molecule has 25 heavy (non-hydrogen) atoms. The molecule has 2 aromatic heterocycles. The van der Waals surface area contributed by atoms with Crippen LogP contribution in [0.2, 0.25) is 0 Å². The molecule has 1 saturated heterocycles. The number of amides is 1. The van der Waals surface area contributed by atoms with Gasteiger partial charge < -0.3 is 14.8 Å². The molecule has 2 atom stereocenters. The number of anilines is 1. The molecule has 0 aliphatic carbocycles. The summed E-state index contributed by atoms with van der Waals surface area (Å²) in [6.07, 6.45) is 5.81. The number of carbonyl (C=O) groups excluding carboxylic acids is 1. The summed E-state index contributed by atoms with van der Waals surface area (Å²) < 4.78 is 1.97. The third-order valence-corrected chi connectivity index (χ3v) is 4.85. The smallest absolute Gasteiger partial charge is 0.242 e. The molecule has 0 saturated carbocycles. The van der Waals surface area contributed by atoms with Gasteiger partial charge in [0, 0.05) is 45.4 Å². The highest BCUT2D eigenvalue weighted by Gasteiger charge is 2.40. The standard InChI is InChI=1S/C17H25N7O/c1-5-12-13(6-2)21-22-17(20-12)19-10-11-9-14(25)24(4)15(11)16-18-7-8-23(16)3/h7-8,11,15H,5-6,9-10H2,1-4H3,(H,19,20,22)/t11-,15+/m0/s1. The van der Waals surface area contributed by atoms with Gasteiger partial charge in [-0.2, -0.15) is 5.10 Å². The Morgan fingerprint density at radius 1 is 1.20 bits per heavy atom. The van der Waals surface area contributed by atoms with Crippen molar-refractivity contribution < 1.29 is 4.79 Å². The first kappa shape index (κ1) is 17.3. The van der Waals surface area contributed by atoms with E-state index in [1.54, 1.807) is 11.1 Å². The Balaban J connectivity index is 1.75. The second-order valence-electron chi connectivity index (χ2n) is 6.43. The van der Waals surface area contributed by atoms with Crippen molar-refractivity contribution in [1.29, 1.82) is 0 Å². The van der Waals surface area contributed by atoms with Crippen LogP contribution in [0.25, 0.3) is 0 Å². The molecule has 0 aromatic carbocycles. The zero-order valence-electron chi connectivity index (χ0n) is 15.2. The minimum atomic E-state index is -0.0477. The van der Waals surface area contributed by atoms with Crippen LogP contribution < -0.4 is 5.32 Å². The van der Waals surface area contributed by atoms with Gasteiger partial charge in [0.25, 0.3) is 0 Å². The van der Waals surface area contributed by atoms with Crippen LogP contribution in [-0.4, -0.2) is 49.1 Å². The minimum absolute atomic E-state index is 0.0477. The molecular weight excluding hydrogens is 318 g/mol. The van der Waals surface area contributed by atoms with Crippen LogP contribution in [0.5, 0.6) is 0 Å². The molecule has 0 radical (unpaired) electrons. The Bertz CT molecular complexity index is 757. The van der Waals surface area contributed by atoms with Gasteiger partial charge in [-0.25, -0.2) is 9.97 Å². The lowest BCUT2D eigenvalue weighted by molar-refractivity contribution is -0.127. The van der Waals surface area contributed by atoms with E-state index in [2.05, 4.69) is 39.3 Å². The highest BCUT2D eigenvalue weighted by Crippen LogP contribution is 2.35. The molecule has 3 heterocycles. The molecule has 2 aromatic rings. The monoisotopic (exact) mass is 343 g/mol. The third kappa shape index (κ3) is 3.33. The van der Waals surface area contributed by atoms with Crippen molar-refractivity contribution in [1.82, 2.24) is 29.6 Å². The van der Waals surface area contributed by atoms with Crippen LogP contribution in [-0.2, 0) is 24.7 Å². The van der Waals surface area contributed by atoms with E-state index in [1.165, 1.54) is 0 Å². The number of aromatic nitrogens is 5. The van der Waals surface area contributed by atoms with Crippen LogP contribution in [0.1, 0.15) is 43.5 Å². The van der Waals surface area contributed by atoms with E-state index < -0.39 is 0 Å². The second-order valence-corrected chi connectivity index (χ2v) is 6.43. The summed E-state index contributed by atoms with van der Waals surface area (Å²) in [7, 11) is 3.79. The van der Waals surface area contributed by atoms with E-state index in [0.717, 1.165) is 30.1 Å². The number of likely N-dealkylation sites (tertiary alicyclic amines) is 1. The van der Waals surface area contributed by atoms with E-state index >= 15 is 0 Å². The molecule has 8 nitrogen and oxygen atoms in total. The summed E-state index contributed by atoms with van der Waals surface area (Å²) >= 11 is 0. The summed E-state index contributed by atoms with van der Waals surface area (Å²) in [4.78, 5) is 23.0. The molecule has 1 amide bonds. The molecule has 0 bridgehead atoms. The molecule has 0 spiro atoms. The van der Waals surface area contributed by atoms with E-state index in [-0.39, 0.29) is 17.9 Å². The quantitative estimate of drug-likeness (QED) is 0.852. The van der Waals surface area contributed by atoms with E-state index in [1.807, 2.05) is 24.9 Å². The largest absolute Gasteiger partial charge is 0.353 e. The summed E-state index contributed by atoms with van der Waals surface area (Å²) in [6.45, 7) is 4.72. The SMILES string of the molecule is CCc1nnc(NC[C@@H]2CC(=O)N(C)[C@H]2c2nccn2C)nc1CC. The summed E-state index contributed by atoms with van der Waals surface area (Å²) in [5.41, 5.74) is 1.91. The van der Waals surface area contributed by atoms with Crippen molar-refractivity contribution in [3.63, 3.8) is 0 Å². The van der Waals surface area contributed by atoms with E-state index in [9.17, 15) is 4.79 Å². The average molecular weight is 343 g/mol.